The minimum Gasteiger partial charge on any atom is -0.346 e. The van der Waals surface area contributed by atoms with E-state index in [0.717, 1.165) is 38.8 Å². The van der Waals surface area contributed by atoms with E-state index in [-0.39, 0.29) is 11.4 Å². The van der Waals surface area contributed by atoms with Gasteiger partial charge in [0, 0.05) is 46.2 Å². The van der Waals surface area contributed by atoms with Crippen molar-refractivity contribution in [1.82, 2.24) is 24.5 Å². The van der Waals surface area contributed by atoms with Crippen LogP contribution in [0.4, 0.5) is 4.39 Å². The van der Waals surface area contributed by atoms with Gasteiger partial charge in [-0.15, -0.1) is 0 Å². The molecule has 0 bridgehead atoms. The van der Waals surface area contributed by atoms with E-state index in [1.165, 1.54) is 6.07 Å². The number of aryl methyl sites for hydroxylation is 1. The van der Waals surface area contributed by atoms with Crippen molar-refractivity contribution in [2.75, 3.05) is 0 Å². The molecular formula is C24H22FN5. The van der Waals surface area contributed by atoms with Crippen LogP contribution in [0.2, 0.25) is 0 Å². The van der Waals surface area contributed by atoms with Crippen molar-refractivity contribution >= 4 is 22.1 Å². The van der Waals surface area contributed by atoms with Gasteiger partial charge in [0.2, 0.25) is 0 Å². The van der Waals surface area contributed by atoms with Crippen LogP contribution in [0.15, 0.2) is 55.2 Å². The molecule has 150 valence electrons. The topological polar surface area (TPSA) is 59.4 Å². The molecule has 0 saturated heterocycles. The van der Waals surface area contributed by atoms with Gasteiger partial charge in [0.25, 0.3) is 0 Å². The van der Waals surface area contributed by atoms with Crippen molar-refractivity contribution in [2.45, 2.75) is 33.2 Å². The Labute approximate surface area is 173 Å². The number of fused-ring (bicyclic) bond motifs is 2. The minimum atomic E-state index is -0.317. The van der Waals surface area contributed by atoms with Gasteiger partial charge < -0.3 is 9.55 Å². The molecule has 5 aromatic rings. The van der Waals surface area contributed by atoms with Crippen LogP contribution < -0.4 is 0 Å². The second-order valence-corrected chi connectivity index (χ2v) is 8.60. The van der Waals surface area contributed by atoms with E-state index in [0.29, 0.717) is 11.3 Å². The molecule has 0 radical (unpaired) electrons. The van der Waals surface area contributed by atoms with E-state index in [1.54, 1.807) is 19.3 Å². The van der Waals surface area contributed by atoms with Gasteiger partial charge in [-0.2, -0.15) is 0 Å². The number of aromatic amines is 1. The first-order valence-corrected chi connectivity index (χ1v) is 9.89. The first-order valence-electron chi connectivity index (χ1n) is 9.89. The first-order chi connectivity index (χ1) is 14.3. The highest BCUT2D eigenvalue weighted by Crippen LogP contribution is 2.33. The van der Waals surface area contributed by atoms with Crippen LogP contribution in [0.25, 0.3) is 44.3 Å². The SMILES string of the molecule is Cc1ncc(-c2cnc3[nH]cc(-c4ccc5ncn(C(C)(C)C)c5c4)c3c2)cc1F. The van der Waals surface area contributed by atoms with Gasteiger partial charge in [0.05, 0.1) is 23.1 Å². The predicted octanol–water partition coefficient (Wildman–Crippen LogP) is 5.84. The number of nitrogens with zero attached hydrogens (tertiary/aromatic N) is 4. The number of hydrogen-bond acceptors (Lipinski definition) is 3. The number of H-pyrrole nitrogens is 1. The molecule has 1 aromatic carbocycles. The molecule has 4 aromatic heterocycles. The maximum atomic E-state index is 14.0. The van der Waals surface area contributed by atoms with Gasteiger partial charge in [-0.05, 0) is 57.5 Å². The van der Waals surface area contributed by atoms with Crippen molar-refractivity contribution in [3.8, 4) is 22.3 Å². The summed E-state index contributed by atoms with van der Waals surface area (Å²) in [5.41, 5.74) is 6.83. The summed E-state index contributed by atoms with van der Waals surface area (Å²) in [7, 11) is 0. The molecule has 0 aliphatic heterocycles. The van der Waals surface area contributed by atoms with Crippen LogP contribution in [0.5, 0.6) is 0 Å². The summed E-state index contributed by atoms with van der Waals surface area (Å²) in [5.74, 6) is -0.317. The maximum absolute atomic E-state index is 14.0. The summed E-state index contributed by atoms with van der Waals surface area (Å²) >= 11 is 0. The molecule has 1 N–H and O–H groups in total. The molecule has 0 atom stereocenters. The van der Waals surface area contributed by atoms with E-state index in [2.05, 4.69) is 57.4 Å². The van der Waals surface area contributed by atoms with Gasteiger partial charge in [0.15, 0.2) is 0 Å². The maximum Gasteiger partial charge on any atom is 0.145 e. The molecule has 0 saturated carbocycles. The van der Waals surface area contributed by atoms with E-state index < -0.39 is 0 Å². The normalized spacial score (nSPS) is 12.2. The van der Waals surface area contributed by atoms with E-state index in [4.69, 9.17) is 0 Å². The lowest BCUT2D eigenvalue weighted by Gasteiger charge is -2.21. The van der Waals surface area contributed by atoms with E-state index in [9.17, 15) is 4.39 Å². The zero-order valence-electron chi connectivity index (χ0n) is 17.4. The van der Waals surface area contributed by atoms with Crippen LogP contribution >= 0.6 is 0 Å². The molecular weight excluding hydrogens is 377 g/mol. The zero-order chi connectivity index (χ0) is 21.0. The summed E-state index contributed by atoms with van der Waals surface area (Å²) in [6, 6.07) is 9.82. The Balaban J connectivity index is 1.67. The minimum absolute atomic E-state index is 0.0647. The number of halogens is 1. The van der Waals surface area contributed by atoms with Crippen LogP contribution in [-0.4, -0.2) is 24.5 Å². The monoisotopic (exact) mass is 399 g/mol. The first kappa shape index (κ1) is 18.5. The van der Waals surface area contributed by atoms with Crippen molar-refractivity contribution in [1.29, 1.82) is 0 Å². The molecule has 5 nitrogen and oxygen atoms in total. The fraction of sp³-hybridized carbons (Fsp3) is 0.208. The fourth-order valence-corrected chi connectivity index (χ4v) is 3.77. The molecule has 0 unspecified atom stereocenters. The second-order valence-electron chi connectivity index (χ2n) is 8.60. The number of nitrogens with one attached hydrogen (secondary N) is 1. The largest absolute Gasteiger partial charge is 0.346 e. The average Bonchev–Trinajstić information content (AvgIpc) is 3.32. The lowest BCUT2D eigenvalue weighted by Crippen LogP contribution is -2.20. The van der Waals surface area contributed by atoms with Crippen LogP contribution in [0, 0.1) is 12.7 Å². The molecule has 4 heterocycles. The highest BCUT2D eigenvalue weighted by molar-refractivity contribution is 5.97. The Morgan fingerprint density at radius 2 is 1.70 bits per heavy atom. The van der Waals surface area contributed by atoms with Crippen molar-refractivity contribution in [2.24, 2.45) is 0 Å². The highest BCUT2D eigenvalue weighted by Gasteiger charge is 2.17. The van der Waals surface area contributed by atoms with Crippen LogP contribution in [0.1, 0.15) is 26.5 Å². The lowest BCUT2D eigenvalue weighted by atomic mass is 10.0. The van der Waals surface area contributed by atoms with Gasteiger partial charge in [-0.1, -0.05) is 6.07 Å². The average molecular weight is 399 g/mol. The fourth-order valence-electron chi connectivity index (χ4n) is 3.77. The number of aromatic nitrogens is 5. The summed E-state index contributed by atoms with van der Waals surface area (Å²) in [4.78, 5) is 16.5. The van der Waals surface area contributed by atoms with Gasteiger partial charge in [-0.25, -0.2) is 14.4 Å². The zero-order valence-corrected chi connectivity index (χ0v) is 17.4. The van der Waals surface area contributed by atoms with Crippen molar-refractivity contribution in [3.05, 3.63) is 66.8 Å². The Kier molecular flexibility index (Phi) is 4.00. The number of benzene rings is 1. The summed E-state index contributed by atoms with van der Waals surface area (Å²) in [5, 5.41) is 0.981. The number of pyridine rings is 2. The van der Waals surface area contributed by atoms with E-state index in [1.807, 2.05) is 24.7 Å². The molecule has 0 amide bonds. The molecule has 0 fully saturated rings. The van der Waals surface area contributed by atoms with Gasteiger partial charge >= 0.3 is 0 Å². The highest BCUT2D eigenvalue weighted by atomic mass is 19.1. The summed E-state index contributed by atoms with van der Waals surface area (Å²) < 4.78 is 16.2. The summed E-state index contributed by atoms with van der Waals surface area (Å²) in [6.45, 7) is 8.15. The molecule has 30 heavy (non-hydrogen) atoms. The van der Waals surface area contributed by atoms with E-state index >= 15 is 0 Å². The number of rotatable bonds is 2. The standard InChI is InChI=1S/C24H22FN5/c1-14-20(25)8-17(10-26-14)16-7-18-19(12-28-23(18)27-11-16)15-5-6-21-22(9-15)30(13-29-21)24(2,3)4/h5-13H,1-4H3,(H,27,28). The van der Waals surface area contributed by atoms with Gasteiger partial charge in [-0.3, -0.25) is 4.98 Å². The lowest BCUT2D eigenvalue weighted by molar-refractivity contribution is 0.408. The van der Waals surface area contributed by atoms with Crippen molar-refractivity contribution < 1.29 is 4.39 Å². The smallest absolute Gasteiger partial charge is 0.145 e. The second kappa shape index (κ2) is 6.49. The third-order valence-corrected chi connectivity index (χ3v) is 5.47. The van der Waals surface area contributed by atoms with Crippen molar-refractivity contribution in [3.63, 3.8) is 0 Å². The Morgan fingerprint density at radius 3 is 2.47 bits per heavy atom. The van der Waals surface area contributed by atoms with Gasteiger partial charge in [0.1, 0.15) is 11.5 Å². The number of imidazole rings is 1. The Hall–Kier alpha value is -3.54. The Bertz CT molecular complexity index is 1400. The molecule has 0 spiro atoms. The summed E-state index contributed by atoms with van der Waals surface area (Å²) in [6.07, 6.45) is 7.28. The molecule has 0 aliphatic rings. The van der Waals surface area contributed by atoms with Crippen LogP contribution in [0.3, 0.4) is 0 Å². The molecule has 5 rings (SSSR count). The van der Waals surface area contributed by atoms with Crippen LogP contribution in [-0.2, 0) is 5.54 Å². The quantitative estimate of drug-likeness (QED) is 0.405. The Morgan fingerprint density at radius 1 is 0.933 bits per heavy atom. The predicted molar refractivity (Wildman–Crippen MR) is 118 cm³/mol. The third-order valence-electron chi connectivity index (χ3n) is 5.47. The number of hydrogen-bond donors (Lipinski definition) is 1. The molecule has 6 heteroatoms. The third kappa shape index (κ3) is 2.96. The molecule has 0 aliphatic carbocycles.